The van der Waals surface area contributed by atoms with Gasteiger partial charge in [0.05, 0.1) is 0 Å². The Kier molecular flexibility index (Phi) is 25.5. The van der Waals surface area contributed by atoms with Crippen LogP contribution in [0.15, 0.2) is 12.2 Å². The van der Waals surface area contributed by atoms with Crippen molar-refractivity contribution in [3.8, 4) is 0 Å². The van der Waals surface area contributed by atoms with Gasteiger partial charge in [-0.15, -0.1) is 0 Å². The molecule has 0 radical (unpaired) electrons. The van der Waals surface area contributed by atoms with Crippen molar-refractivity contribution in [2.75, 3.05) is 0 Å². The molecule has 0 amide bonds. The highest BCUT2D eigenvalue weighted by molar-refractivity contribution is 4.81. The number of unbranched alkanes of at least 4 members (excludes halogenated alkanes) is 17. The van der Waals surface area contributed by atoms with Crippen LogP contribution in [0.3, 0.4) is 0 Å². The van der Waals surface area contributed by atoms with Crippen molar-refractivity contribution < 1.29 is 0 Å². The summed E-state index contributed by atoms with van der Waals surface area (Å²) in [6.07, 6.45) is 37.8. The Hall–Kier alpha value is -0.260. The first-order chi connectivity index (χ1) is 14.3. The van der Waals surface area contributed by atoms with Crippen LogP contribution in [0.5, 0.6) is 0 Å². The van der Waals surface area contributed by atoms with Crippen LogP contribution in [0.25, 0.3) is 0 Å². The van der Waals surface area contributed by atoms with Gasteiger partial charge < -0.3 is 0 Å². The molecule has 1 atom stereocenters. The van der Waals surface area contributed by atoms with Gasteiger partial charge in [0.2, 0.25) is 0 Å². The summed E-state index contributed by atoms with van der Waals surface area (Å²) in [4.78, 5) is 0. The minimum Gasteiger partial charge on any atom is -0.0885 e. The Morgan fingerprint density at radius 2 is 0.759 bits per heavy atom. The molecule has 0 N–H and O–H groups in total. The predicted molar refractivity (Wildman–Crippen MR) is 136 cm³/mol. The molecule has 0 heterocycles. The van der Waals surface area contributed by atoms with E-state index in [1.165, 1.54) is 148 Å². The monoisotopic (exact) mass is 406 g/mol. The first-order valence-corrected chi connectivity index (χ1v) is 14.0. The van der Waals surface area contributed by atoms with E-state index < -0.39 is 0 Å². The molecule has 0 heteroatoms. The maximum atomic E-state index is 2.42. The summed E-state index contributed by atoms with van der Waals surface area (Å²) < 4.78 is 0. The van der Waals surface area contributed by atoms with E-state index >= 15 is 0 Å². The maximum absolute atomic E-state index is 2.42. The van der Waals surface area contributed by atoms with Gasteiger partial charge in [-0.25, -0.2) is 0 Å². The second-order valence-electron chi connectivity index (χ2n) is 9.56. The normalized spacial score (nSPS) is 12.8. The van der Waals surface area contributed by atoms with Gasteiger partial charge in [0, 0.05) is 0 Å². The molecular formula is C29H58. The lowest BCUT2D eigenvalue weighted by molar-refractivity contribution is 0.393. The van der Waals surface area contributed by atoms with Crippen LogP contribution in [0, 0.1) is 5.92 Å². The average Bonchev–Trinajstić information content (AvgIpc) is 2.74. The second-order valence-corrected chi connectivity index (χ2v) is 9.56. The molecular weight excluding hydrogens is 348 g/mol. The van der Waals surface area contributed by atoms with E-state index in [4.69, 9.17) is 0 Å². The largest absolute Gasteiger partial charge is 0.0885 e. The first kappa shape index (κ1) is 28.7. The molecule has 0 aromatic carbocycles. The molecule has 0 aromatic heterocycles. The fraction of sp³-hybridized carbons (Fsp3) is 0.931. The molecule has 0 saturated carbocycles. The summed E-state index contributed by atoms with van der Waals surface area (Å²) in [5.41, 5.74) is 0. The lowest BCUT2D eigenvalue weighted by atomic mass is 9.92. The summed E-state index contributed by atoms with van der Waals surface area (Å²) in [5, 5.41) is 0. The fourth-order valence-electron chi connectivity index (χ4n) is 4.45. The van der Waals surface area contributed by atoms with E-state index in [0.29, 0.717) is 0 Å². The van der Waals surface area contributed by atoms with Crippen molar-refractivity contribution in [2.24, 2.45) is 5.92 Å². The van der Waals surface area contributed by atoms with E-state index in [1.54, 1.807) is 0 Å². The molecule has 0 bridgehead atoms. The van der Waals surface area contributed by atoms with Crippen molar-refractivity contribution in [1.29, 1.82) is 0 Å². The highest BCUT2D eigenvalue weighted by Gasteiger charge is 2.05. The third-order valence-electron chi connectivity index (χ3n) is 6.67. The van der Waals surface area contributed by atoms with Crippen LogP contribution in [0.4, 0.5) is 0 Å². The molecule has 0 spiro atoms. The van der Waals surface area contributed by atoms with Crippen LogP contribution in [0.2, 0.25) is 0 Å². The fourth-order valence-corrected chi connectivity index (χ4v) is 4.45. The SMILES string of the molecule is CCCCCC=CCCCCCCCCCCCCC(CC)CCCCCCC. The summed E-state index contributed by atoms with van der Waals surface area (Å²) >= 11 is 0. The van der Waals surface area contributed by atoms with Crippen molar-refractivity contribution >= 4 is 0 Å². The lowest BCUT2D eigenvalue weighted by Gasteiger charge is -2.14. The molecule has 174 valence electrons. The average molecular weight is 407 g/mol. The van der Waals surface area contributed by atoms with Gasteiger partial charge in [-0.05, 0) is 31.6 Å². The molecule has 0 fully saturated rings. The molecule has 0 rings (SSSR count). The van der Waals surface area contributed by atoms with E-state index in [1.807, 2.05) is 0 Å². The molecule has 29 heavy (non-hydrogen) atoms. The van der Waals surface area contributed by atoms with E-state index in [9.17, 15) is 0 Å². The standard InChI is InChI=1S/C29H58/c1-4-7-9-11-12-13-14-15-16-17-18-19-20-21-22-24-26-28-29(6-3)27-25-23-10-8-5-2/h12-13,29H,4-11,14-28H2,1-3H3. The Labute approximate surface area is 186 Å². The minimum absolute atomic E-state index is 1.02. The second kappa shape index (κ2) is 25.8. The topological polar surface area (TPSA) is 0 Å². The smallest absolute Gasteiger partial charge is 0.0351 e. The van der Waals surface area contributed by atoms with Gasteiger partial charge in [0.15, 0.2) is 0 Å². The number of hydrogen-bond donors (Lipinski definition) is 0. The predicted octanol–water partition coefficient (Wildman–Crippen LogP) is 11.2. The van der Waals surface area contributed by atoms with Crippen molar-refractivity contribution in [1.82, 2.24) is 0 Å². The summed E-state index contributed by atoms with van der Waals surface area (Å²) in [6.45, 7) is 6.99. The zero-order valence-corrected chi connectivity index (χ0v) is 21.0. The van der Waals surface area contributed by atoms with Crippen LogP contribution >= 0.6 is 0 Å². The van der Waals surface area contributed by atoms with E-state index in [-0.39, 0.29) is 0 Å². The molecule has 1 unspecified atom stereocenters. The molecule has 0 aromatic rings. The summed E-state index contributed by atoms with van der Waals surface area (Å²) in [7, 11) is 0. The highest BCUT2D eigenvalue weighted by atomic mass is 14.1. The highest BCUT2D eigenvalue weighted by Crippen LogP contribution is 2.21. The summed E-state index contributed by atoms with van der Waals surface area (Å²) in [5.74, 6) is 1.02. The van der Waals surface area contributed by atoms with Crippen LogP contribution < -0.4 is 0 Å². The number of allylic oxidation sites excluding steroid dienone is 2. The van der Waals surface area contributed by atoms with Gasteiger partial charge in [-0.3, -0.25) is 0 Å². The van der Waals surface area contributed by atoms with Crippen molar-refractivity contribution in [2.45, 2.75) is 168 Å². The van der Waals surface area contributed by atoms with Crippen LogP contribution in [-0.4, -0.2) is 0 Å². The van der Waals surface area contributed by atoms with E-state index in [0.717, 1.165) is 5.92 Å². The molecule has 0 aliphatic heterocycles. The molecule has 0 aliphatic rings. The molecule has 0 saturated heterocycles. The third-order valence-corrected chi connectivity index (χ3v) is 6.67. The Balaban J connectivity index is 3.24. The van der Waals surface area contributed by atoms with Gasteiger partial charge >= 0.3 is 0 Å². The zero-order chi connectivity index (χ0) is 21.3. The minimum atomic E-state index is 1.02. The molecule has 0 aliphatic carbocycles. The van der Waals surface area contributed by atoms with Gasteiger partial charge in [-0.2, -0.15) is 0 Å². The van der Waals surface area contributed by atoms with Gasteiger partial charge in [0.1, 0.15) is 0 Å². The number of rotatable bonds is 24. The Bertz CT molecular complexity index is 303. The molecule has 0 nitrogen and oxygen atoms in total. The quantitative estimate of drug-likeness (QED) is 0.110. The Morgan fingerprint density at radius 3 is 1.21 bits per heavy atom. The zero-order valence-electron chi connectivity index (χ0n) is 21.0. The van der Waals surface area contributed by atoms with Crippen LogP contribution in [0.1, 0.15) is 168 Å². The first-order valence-electron chi connectivity index (χ1n) is 14.0. The maximum Gasteiger partial charge on any atom is -0.0351 e. The van der Waals surface area contributed by atoms with Crippen molar-refractivity contribution in [3.63, 3.8) is 0 Å². The van der Waals surface area contributed by atoms with Gasteiger partial charge in [0.25, 0.3) is 0 Å². The Morgan fingerprint density at radius 1 is 0.414 bits per heavy atom. The lowest BCUT2D eigenvalue weighted by Crippen LogP contribution is -1.99. The van der Waals surface area contributed by atoms with Crippen LogP contribution in [-0.2, 0) is 0 Å². The van der Waals surface area contributed by atoms with Gasteiger partial charge in [-0.1, -0.05) is 155 Å². The van der Waals surface area contributed by atoms with E-state index in [2.05, 4.69) is 32.9 Å². The number of hydrogen-bond acceptors (Lipinski definition) is 0. The summed E-state index contributed by atoms with van der Waals surface area (Å²) in [6, 6.07) is 0. The van der Waals surface area contributed by atoms with Crippen molar-refractivity contribution in [3.05, 3.63) is 12.2 Å². The third kappa shape index (κ3) is 23.9.